The minimum Gasteiger partial charge on any atom is -0.486 e. The number of likely N-dealkylation sites (N-methyl/N-ethyl adjacent to an activating group) is 1. The molecule has 1 fully saturated rings. The van der Waals surface area contributed by atoms with Gasteiger partial charge in [0.05, 0.1) is 36.8 Å². The lowest BCUT2D eigenvalue weighted by atomic mass is 9.99. The topological polar surface area (TPSA) is 134 Å². The molecule has 2 heterocycles. The first-order chi connectivity index (χ1) is 17.0. The van der Waals surface area contributed by atoms with E-state index in [4.69, 9.17) is 4.74 Å². The Morgan fingerprint density at radius 1 is 1.36 bits per heavy atom. The fourth-order valence-electron chi connectivity index (χ4n) is 4.17. The monoisotopic (exact) mass is 519 g/mol. The fourth-order valence-corrected chi connectivity index (χ4v) is 5.32. The number of hydrogen-bond donors (Lipinski definition) is 2. The number of sulfonamides is 1. The van der Waals surface area contributed by atoms with Crippen LogP contribution in [0.4, 0.5) is 5.69 Å². The zero-order valence-electron chi connectivity index (χ0n) is 20.9. The summed E-state index contributed by atoms with van der Waals surface area (Å²) < 4.78 is 35.4. The highest BCUT2D eigenvalue weighted by molar-refractivity contribution is 7.89. The van der Waals surface area contributed by atoms with Gasteiger partial charge >= 0.3 is 0 Å². The van der Waals surface area contributed by atoms with E-state index in [9.17, 15) is 23.1 Å². The Labute approximate surface area is 211 Å². The molecule has 2 N–H and O–H groups in total. The van der Waals surface area contributed by atoms with Crippen molar-refractivity contribution >= 4 is 27.5 Å². The second-order valence-electron chi connectivity index (χ2n) is 9.73. The Balaban J connectivity index is 1.70. The molecule has 12 heteroatoms. The maximum Gasteiger partial charge on any atom is 0.261 e. The summed E-state index contributed by atoms with van der Waals surface area (Å²) in [6.07, 6.45) is 3.82. The molecule has 0 unspecified atom stereocenters. The number of rotatable bonds is 8. The number of imidazole rings is 1. The van der Waals surface area contributed by atoms with Crippen molar-refractivity contribution in [2.75, 3.05) is 32.1 Å². The van der Waals surface area contributed by atoms with Gasteiger partial charge in [0.2, 0.25) is 5.91 Å². The van der Waals surface area contributed by atoms with Gasteiger partial charge in [-0.25, -0.2) is 13.4 Å². The lowest BCUT2D eigenvalue weighted by molar-refractivity contribution is -0.117. The number of aromatic nitrogens is 2. The van der Waals surface area contributed by atoms with Crippen molar-refractivity contribution < 1.29 is 27.9 Å². The second-order valence-corrected chi connectivity index (χ2v) is 11.7. The number of aryl methyl sites for hydroxylation is 1. The van der Waals surface area contributed by atoms with Crippen molar-refractivity contribution in [3.05, 3.63) is 36.3 Å². The van der Waals surface area contributed by atoms with Gasteiger partial charge in [-0.3, -0.25) is 9.59 Å². The molecule has 2 aliphatic rings. The van der Waals surface area contributed by atoms with Crippen LogP contribution < -0.4 is 10.1 Å². The number of nitrogens with one attached hydrogen (secondary N) is 1. The van der Waals surface area contributed by atoms with Gasteiger partial charge in [0, 0.05) is 38.7 Å². The lowest BCUT2D eigenvalue weighted by Crippen LogP contribution is -2.50. The summed E-state index contributed by atoms with van der Waals surface area (Å²) in [6.45, 7) is 3.62. The summed E-state index contributed by atoms with van der Waals surface area (Å²) in [5.41, 5.74) is 0.611. The zero-order valence-corrected chi connectivity index (χ0v) is 21.7. The minimum absolute atomic E-state index is 0.0139. The van der Waals surface area contributed by atoms with Crippen LogP contribution in [0.25, 0.3) is 0 Å². The molecule has 3 atom stereocenters. The summed E-state index contributed by atoms with van der Waals surface area (Å²) in [4.78, 5) is 31.6. The van der Waals surface area contributed by atoms with Gasteiger partial charge in [0.25, 0.3) is 15.9 Å². The first kappa shape index (κ1) is 26.1. The van der Waals surface area contributed by atoms with E-state index in [0.29, 0.717) is 5.69 Å². The number of ether oxygens (including phenoxy) is 1. The molecule has 4 rings (SSSR count). The molecule has 11 nitrogen and oxygen atoms in total. The molecule has 1 aromatic carbocycles. The highest BCUT2D eigenvalue weighted by Gasteiger charge is 2.37. The van der Waals surface area contributed by atoms with E-state index in [1.807, 2.05) is 6.92 Å². The second kappa shape index (κ2) is 10.2. The highest BCUT2D eigenvalue weighted by atomic mass is 32.2. The van der Waals surface area contributed by atoms with E-state index in [1.165, 1.54) is 23.9 Å². The molecule has 0 bridgehead atoms. The quantitative estimate of drug-likeness (QED) is 0.537. The molecule has 36 heavy (non-hydrogen) atoms. The maximum atomic E-state index is 13.5. The molecule has 2 aromatic rings. The smallest absolute Gasteiger partial charge is 0.261 e. The number of aliphatic hydroxyl groups excluding tert-OH is 1. The van der Waals surface area contributed by atoms with Crippen LogP contribution in [0.1, 0.15) is 37.0 Å². The van der Waals surface area contributed by atoms with E-state index in [1.54, 1.807) is 41.6 Å². The summed E-state index contributed by atoms with van der Waals surface area (Å²) in [5.74, 6) is -0.618. The van der Waals surface area contributed by atoms with E-state index in [2.05, 4.69) is 10.3 Å². The number of benzene rings is 1. The average Bonchev–Trinajstić information content (AvgIpc) is 3.61. The molecule has 1 aromatic heterocycles. The number of hydrogen-bond acceptors (Lipinski definition) is 7. The first-order valence-electron chi connectivity index (χ1n) is 12.0. The van der Waals surface area contributed by atoms with Gasteiger partial charge in [-0.15, -0.1) is 0 Å². The SMILES string of the molecule is C[C@H](CO)N1C[C@H](C)[C@H](CN(C)S(=O)(=O)c2cn(C)cn2)Oc2c(NC(=O)C3CC3)cccc2C1=O. The maximum absolute atomic E-state index is 13.5. The van der Waals surface area contributed by atoms with E-state index in [-0.39, 0.29) is 59.7 Å². The minimum atomic E-state index is -3.89. The van der Waals surface area contributed by atoms with Crippen LogP contribution in [0.3, 0.4) is 0 Å². The number of amides is 2. The summed E-state index contributed by atoms with van der Waals surface area (Å²) in [5, 5.41) is 12.6. The van der Waals surface area contributed by atoms with Gasteiger partial charge < -0.3 is 24.6 Å². The Hall–Kier alpha value is -2.96. The van der Waals surface area contributed by atoms with E-state index >= 15 is 0 Å². The molecule has 2 amide bonds. The number of anilines is 1. The molecular weight excluding hydrogens is 486 g/mol. The van der Waals surface area contributed by atoms with Gasteiger partial charge in [0.1, 0.15) is 6.10 Å². The van der Waals surface area contributed by atoms with Crippen molar-refractivity contribution in [1.29, 1.82) is 0 Å². The number of carbonyl (C=O) groups excluding carboxylic acids is 2. The van der Waals surface area contributed by atoms with Crippen LogP contribution in [-0.2, 0) is 21.9 Å². The molecule has 1 aliphatic carbocycles. The van der Waals surface area contributed by atoms with Crippen LogP contribution >= 0.6 is 0 Å². The third kappa shape index (κ3) is 5.25. The normalized spacial score (nSPS) is 21.4. The van der Waals surface area contributed by atoms with Crippen LogP contribution in [0, 0.1) is 11.8 Å². The molecule has 0 radical (unpaired) electrons. The summed E-state index contributed by atoms with van der Waals surface area (Å²) in [7, 11) is -0.739. The van der Waals surface area contributed by atoms with Gasteiger partial charge in [-0.1, -0.05) is 13.0 Å². The number of aliphatic hydroxyl groups is 1. The third-order valence-corrected chi connectivity index (χ3v) is 8.40. The van der Waals surface area contributed by atoms with Gasteiger partial charge in [0.15, 0.2) is 10.8 Å². The number of carbonyl (C=O) groups is 2. The Morgan fingerprint density at radius 2 is 2.08 bits per heavy atom. The number of para-hydroxylation sites is 1. The molecule has 1 saturated carbocycles. The van der Waals surface area contributed by atoms with E-state index < -0.39 is 22.2 Å². The van der Waals surface area contributed by atoms with Crippen molar-refractivity contribution in [3.8, 4) is 5.75 Å². The summed E-state index contributed by atoms with van der Waals surface area (Å²) >= 11 is 0. The Morgan fingerprint density at radius 3 is 2.69 bits per heavy atom. The predicted molar refractivity (Wildman–Crippen MR) is 132 cm³/mol. The third-order valence-electron chi connectivity index (χ3n) is 6.69. The van der Waals surface area contributed by atoms with Crippen LogP contribution in [-0.4, -0.2) is 83.0 Å². The number of nitrogens with zero attached hydrogens (tertiary/aromatic N) is 4. The molecule has 0 spiro atoms. The van der Waals surface area contributed by atoms with Crippen molar-refractivity contribution in [3.63, 3.8) is 0 Å². The van der Waals surface area contributed by atoms with Gasteiger partial charge in [-0.2, -0.15) is 4.31 Å². The first-order valence-corrected chi connectivity index (χ1v) is 13.4. The molecule has 0 saturated heterocycles. The molecule has 1 aliphatic heterocycles. The lowest BCUT2D eigenvalue weighted by Gasteiger charge is -2.38. The highest BCUT2D eigenvalue weighted by Crippen LogP contribution is 2.37. The predicted octanol–water partition coefficient (Wildman–Crippen LogP) is 1.31. The Bertz CT molecular complexity index is 1240. The van der Waals surface area contributed by atoms with Crippen LogP contribution in [0.15, 0.2) is 35.7 Å². The van der Waals surface area contributed by atoms with Crippen molar-refractivity contribution in [2.24, 2.45) is 18.9 Å². The average molecular weight is 520 g/mol. The largest absolute Gasteiger partial charge is 0.486 e. The van der Waals surface area contributed by atoms with Crippen molar-refractivity contribution in [1.82, 2.24) is 18.8 Å². The van der Waals surface area contributed by atoms with Crippen molar-refractivity contribution in [2.45, 2.75) is 43.9 Å². The van der Waals surface area contributed by atoms with Crippen LogP contribution in [0.5, 0.6) is 5.75 Å². The zero-order chi connectivity index (χ0) is 26.2. The summed E-state index contributed by atoms with van der Waals surface area (Å²) in [6, 6.07) is 4.49. The molecular formula is C24H33N5O6S. The number of fused-ring (bicyclic) bond motifs is 1. The van der Waals surface area contributed by atoms with Crippen LogP contribution in [0.2, 0.25) is 0 Å². The van der Waals surface area contributed by atoms with E-state index in [0.717, 1.165) is 12.8 Å². The van der Waals surface area contributed by atoms with Gasteiger partial charge in [-0.05, 0) is 31.9 Å². The fraction of sp³-hybridized carbons (Fsp3) is 0.542. The standard InChI is InChI=1S/C24H33N5O6S/c1-15-10-29(16(2)13-30)24(32)18-6-5-7-19(26-23(31)17-8-9-17)22(18)35-20(15)11-28(4)36(33,34)21-12-27(3)14-25-21/h5-7,12,14-17,20,30H,8-11,13H2,1-4H3,(H,26,31)/t15-,16+,20-/m0/s1. The molecule has 196 valence electrons. The Kier molecular flexibility index (Phi) is 7.39.